The van der Waals surface area contributed by atoms with Crippen LogP contribution in [0.1, 0.15) is 10.4 Å². The van der Waals surface area contributed by atoms with E-state index in [1.807, 2.05) is 41.8 Å². The van der Waals surface area contributed by atoms with Gasteiger partial charge in [0.05, 0.1) is 0 Å². The molecule has 2 aromatic carbocycles. The zero-order valence-electron chi connectivity index (χ0n) is 9.59. The summed E-state index contributed by atoms with van der Waals surface area (Å²) in [5.74, 6) is -0.0785. The van der Waals surface area contributed by atoms with Gasteiger partial charge in [-0.15, -0.1) is 11.3 Å². The van der Waals surface area contributed by atoms with Crippen LogP contribution in [0.5, 0.6) is 0 Å². The smallest absolute Gasteiger partial charge is 0.255 e. The van der Waals surface area contributed by atoms with Gasteiger partial charge in [-0.05, 0) is 47.2 Å². The van der Waals surface area contributed by atoms with Crippen LogP contribution in [-0.4, -0.2) is 5.91 Å². The standard InChI is InChI=1S/C15H11NOS/c17-15(11-4-2-1-3-5-11)16-13-6-7-14-12(10-13)8-9-18-14/h1-10H,(H,16,17). The summed E-state index contributed by atoms with van der Waals surface area (Å²) in [5, 5.41) is 6.11. The predicted octanol–water partition coefficient (Wildman–Crippen LogP) is 4.15. The van der Waals surface area contributed by atoms with E-state index in [0.717, 1.165) is 11.1 Å². The first-order chi connectivity index (χ1) is 8.83. The molecule has 0 saturated heterocycles. The van der Waals surface area contributed by atoms with Gasteiger partial charge >= 0.3 is 0 Å². The molecule has 0 saturated carbocycles. The van der Waals surface area contributed by atoms with E-state index in [1.54, 1.807) is 23.5 Å². The van der Waals surface area contributed by atoms with Gasteiger partial charge in [-0.2, -0.15) is 0 Å². The SMILES string of the molecule is O=C(Nc1ccc2sccc2c1)c1ccccc1. The van der Waals surface area contributed by atoms with Crippen LogP contribution in [0.2, 0.25) is 0 Å². The summed E-state index contributed by atoms with van der Waals surface area (Å²) >= 11 is 1.70. The van der Waals surface area contributed by atoms with Crippen molar-refractivity contribution in [3.63, 3.8) is 0 Å². The lowest BCUT2D eigenvalue weighted by atomic mass is 10.2. The van der Waals surface area contributed by atoms with Crippen molar-refractivity contribution in [2.75, 3.05) is 5.32 Å². The molecule has 1 aromatic heterocycles. The van der Waals surface area contributed by atoms with Crippen molar-refractivity contribution >= 4 is 33.0 Å². The lowest BCUT2D eigenvalue weighted by molar-refractivity contribution is 0.102. The van der Waals surface area contributed by atoms with E-state index in [2.05, 4.69) is 11.4 Å². The van der Waals surface area contributed by atoms with Gasteiger partial charge in [-0.3, -0.25) is 4.79 Å². The van der Waals surface area contributed by atoms with Crippen LogP contribution < -0.4 is 5.32 Å². The van der Waals surface area contributed by atoms with Crippen molar-refractivity contribution in [1.82, 2.24) is 0 Å². The van der Waals surface area contributed by atoms with Crippen molar-refractivity contribution < 1.29 is 4.79 Å². The highest BCUT2D eigenvalue weighted by atomic mass is 32.1. The molecule has 88 valence electrons. The van der Waals surface area contributed by atoms with Gasteiger partial charge in [-0.1, -0.05) is 18.2 Å². The van der Waals surface area contributed by atoms with E-state index < -0.39 is 0 Å². The molecule has 1 N–H and O–H groups in total. The average molecular weight is 253 g/mol. The molecular weight excluding hydrogens is 242 g/mol. The van der Waals surface area contributed by atoms with E-state index >= 15 is 0 Å². The fourth-order valence-electron chi connectivity index (χ4n) is 1.84. The monoisotopic (exact) mass is 253 g/mol. The molecule has 3 aromatic rings. The third-order valence-corrected chi connectivity index (χ3v) is 3.64. The first-order valence-electron chi connectivity index (χ1n) is 5.66. The van der Waals surface area contributed by atoms with Crippen LogP contribution in [0.4, 0.5) is 5.69 Å². The second-order valence-electron chi connectivity index (χ2n) is 3.99. The zero-order chi connectivity index (χ0) is 12.4. The van der Waals surface area contributed by atoms with Gasteiger partial charge in [0.15, 0.2) is 0 Å². The molecule has 0 atom stereocenters. The normalized spacial score (nSPS) is 10.4. The highest BCUT2D eigenvalue weighted by molar-refractivity contribution is 7.17. The molecule has 1 amide bonds. The maximum atomic E-state index is 12.0. The lowest BCUT2D eigenvalue weighted by Crippen LogP contribution is -2.11. The molecule has 0 bridgehead atoms. The van der Waals surface area contributed by atoms with Crippen molar-refractivity contribution in [2.45, 2.75) is 0 Å². The molecule has 0 unspecified atom stereocenters. The lowest BCUT2D eigenvalue weighted by Gasteiger charge is -2.05. The number of hydrogen-bond donors (Lipinski definition) is 1. The Balaban J connectivity index is 1.86. The number of carbonyl (C=O) groups excluding carboxylic acids is 1. The van der Waals surface area contributed by atoms with E-state index in [9.17, 15) is 4.79 Å². The first-order valence-corrected chi connectivity index (χ1v) is 6.54. The molecule has 0 fully saturated rings. The molecule has 2 nitrogen and oxygen atoms in total. The zero-order valence-corrected chi connectivity index (χ0v) is 10.4. The van der Waals surface area contributed by atoms with Gasteiger partial charge in [0.1, 0.15) is 0 Å². The van der Waals surface area contributed by atoms with Crippen LogP contribution in [-0.2, 0) is 0 Å². The summed E-state index contributed by atoms with van der Waals surface area (Å²) in [5.41, 5.74) is 1.50. The predicted molar refractivity (Wildman–Crippen MR) is 76.2 cm³/mol. The van der Waals surface area contributed by atoms with Crippen molar-refractivity contribution in [2.24, 2.45) is 0 Å². The molecule has 0 aliphatic heterocycles. The molecule has 3 heteroatoms. The summed E-state index contributed by atoms with van der Waals surface area (Å²) in [7, 11) is 0. The summed E-state index contributed by atoms with van der Waals surface area (Å²) in [4.78, 5) is 12.0. The van der Waals surface area contributed by atoms with Crippen LogP contribution >= 0.6 is 11.3 Å². The van der Waals surface area contributed by atoms with Crippen LogP contribution in [0.3, 0.4) is 0 Å². The van der Waals surface area contributed by atoms with Crippen LogP contribution in [0, 0.1) is 0 Å². The fourth-order valence-corrected chi connectivity index (χ4v) is 2.61. The average Bonchev–Trinajstić information content (AvgIpc) is 2.87. The van der Waals surface area contributed by atoms with Gasteiger partial charge in [0.2, 0.25) is 0 Å². The Hall–Kier alpha value is -2.13. The second kappa shape index (κ2) is 4.63. The minimum atomic E-state index is -0.0785. The van der Waals surface area contributed by atoms with Gasteiger partial charge in [0.25, 0.3) is 5.91 Å². The highest BCUT2D eigenvalue weighted by Crippen LogP contribution is 2.24. The summed E-state index contributed by atoms with van der Waals surface area (Å²) in [6.07, 6.45) is 0. The summed E-state index contributed by atoms with van der Waals surface area (Å²) in [6.45, 7) is 0. The number of carbonyl (C=O) groups is 1. The van der Waals surface area contributed by atoms with Gasteiger partial charge in [0, 0.05) is 16.0 Å². The summed E-state index contributed by atoms with van der Waals surface area (Å²) < 4.78 is 1.23. The Morgan fingerprint density at radius 3 is 2.67 bits per heavy atom. The van der Waals surface area contributed by atoms with E-state index in [1.165, 1.54) is 4.70 Å². The Morgan fingerprint density at radius 1 is 1.00 bits per heavy atom. The second-order valence-corrected chi connectivity index (χ2v) is 4.94. The number of fused-ring (bicyclic) bond motifs is 1. The molecular formula is C15H11NOS. The third-order valence-electron chi connectivity index (χ3n) is 2.75. The number of hydrogen-bond acceptors (Lipinski definition) is 2. The minimum absolute atomic E-state index is 0.0785. The number of amides is 1. The van der Waals surface area contributed by atoms with Crippen LogP contribution in [0.15, 0.2) is 60.0 Å². The molecule has 0 radical (unpaired) electrons. The molecule has 18 heavy (non-hydrogen) atoms. The Morgan fingerprint density at radius 2 is 1.83 bits per heavy atom. The third kappa shape index (κ3) is 2.13. The number of rotatable bonds is 2. The van der Waals surface area contributed by atoms with E-state index in [-0.39, 0.29) is 5.91 Å². The maximum Gasteiger partial charge on any atom is 0.255 e. The first kappa shape index (κ1) is 11.0. The van der Waals surface area contributed by atoms with Gasteiger partial charge in [-0.25, -0.2) is 0 Å². The van der Waals surface area contributed by atoms with E-state index in [0.29, 0.717) is 5.56 Å². The number of nitrogens with one attached hydrogen (secondary N) is 1. The maximum absolute atomic E-state index is 12.0. The summed E-state index contributed by atoms with van der Waals surface area (Å²) in [6, 6.07) is 17.2. The molecule has 0 aliphatic rings. The quantitative estimate of drug-likeness (QED) is 0.730. The number of anilines is 1. The van der Waals surface area contributed by atoms with Crippen LogP contribution in [0.25, 0.3) is 10.1 Å². The van der Waals surface area contributed by atoms with Crippen molar-refractivity contribution in [1.29, 1.82) is 0 Å². The molecule has 1 heterocycles. The molecule has 0 spiro atoms. The largest absolute Gasteiger partial charge is 0.322 e. The molecule has 3 rings (SSSR count). The Kier molecular flexibility index (Phi) is 2.82. The highest BCUT2D eigenvalue weighted by Gasteiger charge is 2.05. The number of benzene rings is 2. The minimum Gasteiger partial charge on any atom is -0.322 e. The fraction of sp³-hybridized carbons (Fsp3) is 0. The van der Waals surface area contributed by atoms with E-state index in [4.69, 9.17) is 0 Å². The van der Waals surface area contributed by atoms with Crippen molar-refractivity contribution in [3.05, 3.63) is 65.5 Å². The Labute approximate surface area is 109 Å². The Bertz CT molecular complexity index is 688. The number of thiophene rings is 1. The van der Waals surface area contributed by atoms with Crippen molar-refractivity contribution in [3.8, 4) is 0 Å². The topological polar surface area (TPSA) is 29.1 Å². The van der Waals surface area contributed by atoms with Gasteiger partial charge < -0.3 is 5.32 Å². The molecule has 0 aliphatic carbocycles.